The van der Waals surface area contributed by atoms with Crippen molar-refractivity contribution in [1.82, 2.24) is 9.13 Å². The van der Waals surface area contributed by atoms with Crippen LogP contribution in [0.2, 0.25) is 0 Å². The number of benzene rings is 1. The van der Waals surface area contributed by atoms with E-state index >= 15 is 0 Å². The molecule has 0 fully saturated rings. The summed E-state index contributed by atoms with van der Waals surface area (Å²) in [7, 11) is 1.55. The predicted octanol–water partition coefficient (Wildman–Crippen LogP) is 0.864. The van der Waals surface area contributed by atoms with Gasteiger partial charge in [0.05, 0.1) is 0 Å². The summed E-state index contributed by atoms with van der Waals surface area (Å²) < 4.78 is 2.63. The second-order valence-electron chi connectivity index (χ2n) is 5.20. The molecule has 0 spiro atoms. The van der Waals surface area contributed by atoms with Crippen molar-refractivity contribution in [1.29, 1.82) is 0 Å². The van der Waals surface area contributed by atoms with Gasteiger partial charge in [-0.3, -0.25) is 9.59 Å². The summed E-state index contributed by atoms with van der Waals surface area (Å²) in [5.41, 5.74) is 8.30. The van der Waals surface area contributed by atoms with Gasteiger partial charge in [-0.1, -0.05) is 29.3 Å². The molecular weight excluding hydrogens is 254 g/mol. The van der Waals surface area contributed by atoms with Crippen LogP contribution in [0.3, 0.4) is 0 Å². The average Bonchev–Trinajstić information content (AvgIpc) is 2.38. The summed E-state index contributed by atoms with van der Waals surface area (Å²) in [5, 5.41) is 0. The van der Waals surface area contributed by atoms with Gasteiger partial charge in [0.25, 0.3) is 0 Å². The fourth-order valence-corrected chi connectivity index (χ4v) is 2.27. The second kappa shape index (κ2) is 5.46. The van der Waals surface area contributed by atoms with Crippen LogP contribution in [-0.2, 0) is 13.6 Å². The SMILES string of the molecule is Cc1cc(C)cc(C(N)Cn2ccn(C)c(=O)c2=O)c1. The Labute approximate surface area is 117 Å². The molecule has 0 aliphatic heterocycles. The first-order chi connectivity index (χ1) is 9.38. The van der Waals surface area contributed by atoms with E-state index in [1.807, 2.05) is 26.0 Å². The van der Waals surface area contributed by atoms with Crippen molar-refractivity contribution in [2.75, 3.05) is 0 Å². The summed E-state index contributed by atoms with van der Waals surface area (Å²) in [5.74, 6) is 0. The monoisotopic (exact) mass is 273 g/mol. The standard InChI is InChI=1S/C15H19N3O2/c1-10-6-11(2)8-12(7-10)13(16)9-18-5-4-17(3)14(19)15(18)20/h4-8,13H,9,16H2,1-3H3. The van der Waals surface area contributed by atoms with Gasteiger partial charge in [0.15, 0.2) is 0 Å². The molecule has 5 heteroatoms. The fraction of sp³-hybridized carbons (Fsp3) is 0.333. The first-order valence-corrected chi connectivity index (χ1v) is 6.48. The highest BCUT2D eigenvalue weighted by Crippen LogP contribution is 2.16. The van der Waals surface area contributed by atoms with E-state index in [4.69, 9.17) is 5.73 Å². The van der Waals surface area contributed by atoms with E-state index in [2.05, 4.69) is 6.07 Å². The Hall–Kier alpha value is -2.14. The van der Waals surface area contributed by atoms with Crippen LogP contribution in [0.1, 0.15) is 22.7 Å². The lowest BCUT2D eigenvalue weighted by atomic mass is 10.0. The second-order valence-corrected chi connectivity index (χ2v) is 5.20. The minimum atomic E-state index is -0.546. The molecule has 0 aliphatic rings. The molecule has 0 radical (unpaired) electrons. The number of rotatable bonds is 3. The van der Waals surface area contributed by atoms with E-state index in [0.29, 0.717) is 0 Å². The van der Waals surface area contributed by atoms with Crippen LogP contribution >= 0.6 is 0 Å². The van der Waals surface area contributed by atoms with Crippen molar-refractivity contribution in [2.24, 2.45) is 12.8 Å². The van der Waals surface area contributed by atoms with Gasteiger partial charge in [-0.25, -0.2) is 0 Å². The topological polar surface area (TPSA) is 70.0 Å². The van der Waals surface area contributed by atoms with Gasteiger partial charge in [0.1, 0.15) is 0 Å². The third-order valence-electron chi connectivity index (χ3n) is 3.30. The summed E-state index contributed by atoms with van der Waals surface area (Å²) in [6.45, 7) is 4.30. The Morgan fingerprint density at radius 1 is 1.05 bits per heavy atom. The van der Waals surface area contributed by atoms with Crippen molar-refractivity contribution < 1.29 is 0 Å². The molecular formula is C15H19N3O2. The van der Waals surface area contributed by atoms with Gasteiger partial charge >= 0.3 is 11.1 Å². The molecule has 2 N–H and O–H groups in total. The largest absolute Gasteiger partial charge is 0.322 e. The molecule has 1 atom stereocenters. The zero-order valence-corrected chi connectivity index (χ0v) is 12.0. The fourth-order valence-electron chi connectivity index (χ4n) is 2.27. The Balaban J connectivity index is 2.32. The molecule has 0 saturated carbocycles. The maximum absolute atomic E-state index is 11.9. The lowest BCUT2D eigenvalue weighted by molar-refractivity contribution is 0.547. The lowest BCUT2D eigenvalue weighted by Gasteiger charge is -2.15. The highest BCUT2D eigenvalue weighted by atomic mass is 16.2. The maximum Gasteiger partial charge on any atom is 0.316 e. The number of hydrogen-bond donors (Lipinski definition) is 1. The first kappa shape index (κ1) is 14.3. The zero-order chi connectivity index (χ0) is 14.9. The van der Waals surface area contributed by atoms with E-state index < -0.39 is 11.1 Å². The molecule has 5 nitrogen and oxygen atoms in total. The van der Waals surface area contributed by atoms with Crippen LogP contribution in [-0.4, -0.2) is 9.13 Å². The van der Waals surface area contributed by atoms with Crippen molar-refractivity contribution in [3.05, 3.63) is 68.0 Å². The third-order valence-corrected chi connectivity index (χ3v) is 3.30. The van der Waals surface area contributed by atoms with E-state index in [1.54, 1.807) is 19.4 Å². The molecule has 20 heavy (non-hydrogen) atoms. The van der Waals surface area contributed by atoms with Crippen LogP contribution in [0.25, 0.3) is 0 Å². The number of nitrogens with two attached hydrogens (primary N) is 1. The maximum atomic E-state index is 11.9. The Bertz CT molecular complexity index is 723. The number of nitrogens with zero attached hydrogens (tertiary/aromatic N) is 2. The molecule has 106 valence electrons. The quantitative estimate of drug-likeness (QED) is 0.843. The molecule has 0 bridgehead atoms. The van der Waals surface area contributed by atoms with Gasteiger partial charge in [-0.15, -0.1) is 0 Å². The van der Waals surface area contributed by atoms with Crippen LogP contribution in [0, 0.1) is 13.8 Å². The smallest absolute Gasteiger partial charge is 0.316 e. The Morgan fingerprint density at radius 2 is 1.65 bits per heavy atom. The van der Waals surface area contributed by atoms with Crippen LogP contribution in [0.15, 0.2) is 40.2 Å². The summed E-state index contributed by atoms with van der Waals surface area (Å²) in [6, 6.07) is 5.76. The van der Waals surface area contributed by atoms with E-state index in [-0.39, 0.29) is 12.6 Å². The minimum Gasteiger partial charge on any atom is -0.322 e. The van der Waals surface area contributed by atoms with Crippen molar-refractivity contribution in [3.63, 3.8) is 0 Å². The Kier molecular flexibility index (Phi) is 3.90. The minimum absolute atomic E-state index is 0.289. The molecule has 1 aromatic carbocycles. The molecule has 2 aromatic rings. The highest BCUT2D eigenvalue weighted by Gasteiger charge is 2.10. The van der Waals surface area contributed by atoms with Crippen LogP contribution in [0.4, 0.5) is 0 Å². The number of aromatic nitrogens is 2. The lowest BCUT2D eigenvalue weighted by Crippen LogP contribution is -2.41. The summed E-state index contributed by atoms with van der Waals surface area (Å²) >= 11 is 0. The van der Waals surface area contributed by atoms with Crippen LogP contribution < -0.4 is 16.9 Å². The van der Waals surface area contributed by atoms with Crippen molar-refractivity contribution >= 4 is 0 Å². The third kappa shape index (κ3) is 2.88. The van der Waals surface area contributed by atoms with Crippen molar-refractivity contribution in [2.45, 2.75) is 26.4 Å². The normalized spacial score (nSPS) is 12.4. The molecule has 0 aliphatic carbocycles. The molecule has 1 unspecified atom stereocenters. The first-order valence-electron chi connectivity index (χ1n) is 6.48. The van der Waals surface area contributed by atoms with Gasteiger partial charge in [0, 0.05) is 32.0 Å². The van der Waals surface area contributed by atoms with Gasteiger partial charge < -0.3 is 14.9 Å². The zero-order valence-electron chi connectivity index (χ0n) is 12.0. The van der Waals surface area contributed by atoms with E-state index in [9.17, 15) is 9.59 Å². The summed E-state index contributed by atoms with van der Waals surface area (Å²) in [4.78, 5) is 23.5. The van der Waals surface area contributed by atoms with Crippen LogP contribution in [0.5, 0.6) is 0 Å². The van der Waals surface area contributed by atoms with Gasteiger partial charge in [-0.2, -0.15) is 0 Å². The van der Waals surface area contributed by atoms with Crippen molar-refractivity contribution in [3.8, 4) is 0 Å². The highest BCUT2D eigenvalue weighted by molar-refractivity contribution is 5.30. The number of hydrogen-bond acceptors (Lipinski definition) is 3. The van der Waals surface area contributed by atoms with E-state index in [0.717, 1.165) is 16.7 Å². The molecule has 2 rings (SSSR count). The summed E-state index contributed by atoms with van der Waals surface area (Å²) in [6.07, 6.45) is 3.16. The molecule has 1 heterocycles. The van der Waals surface area contributed by atoms with Gasteiger partial charge in [0.2, 0.25) is 0 Å². The molecule has 0 amide bonds. The number of aryl methyl sites for hydroxylation is 3. The molecule has 0 saturated heterocycles. The predicted molar refractivity (Wildman–Crippen MR) is 78.8 cm³/mol. The van der Waals surface area contributed by atoms with E-state index in [1.165, 1.54) is 9.13 Å². The Morgan fingerprint density at radius 3 is 2.25 bits per heavy atom. The van der Waals surface area contributed by atoms with Gasteiger partial charge in [-0.05, 0) is 19.4 Å². The molecule has 1 aromatic heterocycles. The average molecular weight is 273 g/mol.